The van der Waals surface area contributed by atoms with E-state index >= 15 is 0 Å². The number of anilines is 1. The summed E-state index contributed by atoms with van der Waals surface area (Å²) >= 11 is 5.57. The van der Waals surface area contributed by atoms with Crippen LogP contribution in [0.25, 0.3) is 0 Å². The molecule has 0 aromatic carbocycles. The molecule has 1 rings (SSSR count). The van der Waals surface area contributed by atoms with E-state index in [1.54, 1.807) is 18.2 Å². The Kier molecular flexibility index (Phi) is 4.07. The van der Waals surface area contributed by atoms with Crippen molar-refractivity contribution in [2.24, 2.45) is 5.10 Å². The van der Waals surface area contributed by atoms with Crippen LogP contribution < -0.4 is 5.43 Å². The minimum Gasteiger partial charge on any atom is -0.260 e. The number of nitrogens with zero attached hydrogens (tertiary/aromatic N) is 3. The summed E-state index contributed by atoms with van der Waals surface area (Å²) in [6.07, 6.45) is 2.53. The molecule has 0 saturated heterocycles. The van der Waals surface area contributed by atoms with Gasteiger partial charge in [-0.3, -0.25) is 5.43 Å². The van der Waals surface area contributed by atoms with Gasteiger partial charge in [0.2, 0.25) is 0 Å². The van der Waals surface area contributed by atoms with Crippen LogP contribution in [0, 0.1) is 0 Å². The normalized spacial score (nSPS) is 11.1. The lowest BCUT2D eigenvalue weighted by molar-refractivity contribution is 1.02. The van der Waals surface area contributed by atoms with Gasteiger partial charge < -0.3 is 0 Å². The first-order valence-corrected chi connectivity index (χ1v) is 4.49. The van der Waals surface area contributed by atoms with Crippen LogP contribution in [0.2, 0.25) is 5.15 Å². The SMILES string of the molecule is C=CCC(C)=NNc1ccc(Cl)nn1. The van der Waals surface area contributed by atoms with Crippen LogP contribution in [0.5, 0.6) is 0 Å². The standard InChI is InChI=1S/C9H11ClN4/c1-3-4-7(2)11-13-9-6-5-8(10)12-14-9/h3,5-6H,1,4H2,2H3,(H,13,14). The van der Waals surface area contributed by atoms with E-state index in [1.807, 2.05) is 6.92 Å². The lowest BCUT2D eigenvalue weighted by Gasteiger charge is -1.99. The molecule has 1 aromatic rings. The minimum absolute atomic E-state index is 0.363. The largest absolute Gasteiger partial charge is 0.260 e. The first-order valence-electron chi connectivity index (χ1n) is 4.11. The van der Waals surface area contributed by atoms with Gasteiger partial charge in [0.1, 0.15) is 0 Å². The van der Waals surface area contributed by atoms with Gasteiger partial charge in [-0.15, -0.1) is 16.8 Å². The van der Waals surface area contributed by atoms with Gasteiger partial charge in [-0.25, -0.2) is 0 Å². The maximum atomic E-state index is 5.57. The summed E-state index contributed by atoms with van der Waals surface area (Å²) in [6, 6.07) is 3.36. The van der Waals surface area contributed by atoms with Crippen LogP contribution in [-0.2, 0) is 0 Å². The number of nitrogens with one attached hydrogen (secondary N) is 1. The molecule has 0 aliphatic heterocycles. The van der Waals surface area contributed by atoms with Crippen molar-refractivity contribution < 1.29 is 0 Å². The number of hydrazone groups is 1. The third kappa shape index (κ3) is 3.53. The van der Waals surface area contributed by atoms with E-state index < -0.39 is 0 Å². The van der Waals surface area contributed by atoms with Crippen LogP contribution in [0.3, 0.4) is 0 Å². The zero-order chi connectivity index (χ0) is 10.4. The molecule has 0 aliphatic rings. The van der Waals surface area contributed by atoms with Crippen molar-refractivity contribution >= 4 is 23.1 Å². The molecule has 0 amide bonds. The van der Waals surface area contributed by atoms with Crippen molar-refractivity contribution in [3.8, 4) is 0 Å². The van der Waals surface area contributed by atoms with Crippen LogP contribution in [0.15, 0.2) is 29.9 Å². The van der Waals surface area contributed by atoms with Gasteiger partial charge in [-0.05, 0) is 19.1 Å². The number of hydrogen-bond acceptors (Lipinski definition) is 4. The first kappa shape index (κ1) is 10.7. The summed E-state index contributed by atoms with van der Waals surface area (Å²) < 4.78 is 0. The van der Waals surface area contributed by atoms with E-state index in [9.17, 15) is 0 Å². The van der Waals surface area contributed by atoms with Crippen molar-refractivity contribution in [1.29, 1.82) is 0 Å². The van der Waals surface area contributed by atoms with E-state index in [0.29, 0.717) is 11.0 Å². The van der Waals surface area contributed by atoms with Gasteiger partial charge in [0.15, 0.2) is 11.0 Å². The predicted octanol–water partition coefficient (Wildman–Crippen LogP) is 2.49. The molecule has 0 atom stereocenters. The Balaban J connectivity index is 2.57. The molecule has 0 spiro atoms. The summed E-state index contributed by atoms with van der Waals surface area (Å²) in [5, 5.41) is 11.9. The number of halogens is 1. The molecule has 0 unspecified atom stereocenters. The van der Waals surface area contributed by atoms with E-state index in [2.05, 4.69) is 27.3 Å². The minimum atomic E-state index is 0.363. The third-order valence-electron chi connectivity index (χ3n) is 1.43. The summed E-state index contributed by atoms with van der Waals surface area (Å²) in [6.45, 7) is 5.51. The van der Waals surface area contributed by atoms with Crippen molar-refractivity contribution in [3.63, 3.8) is 0 Å². The number of aromatic nitrogens is 2. The fourth-order valence-electron chi connectivity index (χ4n) is 0.783. The Morgan fingerprint density at radius 3 is 3.00 bits per heavy atom. The lowest BCUT2D eigenvalue weighted by atomic mass is 10.3. The average Bonchev–Trinajstić information content (AvgIpc) is 2.17. The second-order valence-electron chi connectivity index (χ2n) is 2.69. The smallest absolute Gasteiger partial charge is 0.168 e. The molecule has 1 N–H and O–H groups in total. The van der Waals surface area contributed by atoms with Crippen molar-refractivity contribution in [1.82, 2.24) is 10.2 Å². The molecule has 0 bridgehead atoms. The van der Waals surface area contributed by atoms with Gasteiger partial charge in [0.05, 0.1) is 0 Å². The second-order valence-corrected chi connectivity index (χ2v) is 3.08. The Hall–Kier alpha value is -1.42. The maximum Gasteiger partial charge on any atom is 0.168 e. The van der Waals surface area contributed by atoms with E-state index in [1.165, 1.54) is 0 Å². The van der Waals surface area contributed by atoms with Crippen LogP contribution in [0.4, 0.5) is 5.82 Å². The van der Waals surface area contributed by atoms with E-state index in [0.717, 1.165) is 12.1 Å². The van der Waals surface area contributed by atoms with E-state index in [4.69, 9.17) is 11.6 Å². The van der Waals surface area contributed by atoms with Gasteiger partial charge >= 0.3 is 0 Å². The monoisotopic (exact) mass is 210 g/mol. The highest BCUT2D eigenvalue weighted by atomic mass is 35.5. The topological polar surface area (TPSA) is 50.2 Å². The summed E-state index contributed by atoms with van der Waals surface area (Å²) in [5.74, 6) is 0.567. The molecule has 0 saturated carbocycles. The average molecular weight is 211 g/mol. The Morgan fingerprint density at radius 2 is 2.43 bits per heavy atom. The molecule has 1 heterocycles. The zero-order valence-corrected chi connectivity index (χ0v) is 8.62. The molecule has 4 nitrogen and oxygen atoms in total. The number of rotatable bonds is 4. The van der Waals surface area contributed by atoms with Crippen LogP contribution in [-0.4, -0.2) is 15.9 Å². The highest BCUT2D eigenvalue weighted by Crippen LogP contribution is 2.05. The molecule has 0 fully saturated rings. The highest BCUT2D eigenvalue weighted by Gasteiger charge is 1.93. The van der Waals surface area contributed by atoms with Gasteiger partial charge in [0.25, 0.3) is 0 Å². The van der Waals surface area contributed by atoms with Crippen molar-refractivity contribution in [2.75, 3.05) is 5.43 Å². The molecule has 0 radical (unpaired) electrons. The molecule has 5 heteroatoms. The summed E-state index contributed by atoms with van der Waals surface area (Å²) in [4.78, 5) is 0. The van der Waals surface area contributed by atoms with Gasteiger partial charge in [0, 0.05) is 12.1 Å². The lowest BCUT2D eigenvalue weighted by Crippen LogP contribution is -1.98. The second kappa shape index (κ2) is 5.34. The van der Waals surface area contributed by atoms with Crippen molar-refractivity contribution in [2.45, 2.75) is 13.3 Å². The Labute approximate surface area is 87.7 Å². The predicted molar refractivity (Wildman–Crippen MR) is 58.6 cm³/mol. The first-order chi connectivity index (χ1) is 6.72. The molecule has 1 aromatic heterocycles. The number of hydrogen-bond donors (Lipinski definition) is 1. The Bertz CT molecular complexity index is 331. The number of allylic oxidation sites excluding steroid dienone is 1. The highest BCUT2D eigenvalue weighted by molar-refractivity contribution is 6.29. The van der Waals surface area contributed by atoms with Crippen LogP contribution in [0.1, 0.15) is 13.3 Å². The van der Waals surface area contributed by atoms with Crippen molar-refractivity contribution in [3.05, 3.63) is 29.9 Å². The zero-order valence-electron chi connectivity index (χ0n) is 7.87. The van der Waals surface area contributed by atoms with E-state index in [-0.39, 0.29) is 0 Å². The maximum absolute atomic E-state index is 5.57. The van der Waals surface area contributed by atoms with Crippen LogP contribution >= 0.6 is 11.6 Å². The summed E-state index contributed by atoms with van der Waals surface area (Å²) in [5.41, 5.74) is 3.69. The molecular formula is C9H11ClN4. The molecular weight excluding hydrogens is 200 g/mol. The Morgan fingerprint density at radius 1 is 1.64 bits per heavy atom. The quantitative estimate of drug-likeness (QED) is 0.472. The third-order valence-corrected chi connectivity index (χ3v) is 1.63. The van der Waals surface area contributed by atoms with Gasteiger partial charge in [-0.2, -0.15) is 5.10 Å². The molecule has 0 aliphatic carbocycles. The molecule has 14 heavy (non-hydrogen) atoms. The fourth-order valence-corrected chi connectivity index (χ4v) is 0.884. The molecule has 74 valence electrons. The van der Waals surface area contributed by atoms with Gasteiger partial charge in [-0.1, -0.05) is 17.7 Å². The fraction of sp³-hybridized carbons (Fsp3) is 0.222. The summed E-state index contributed by atoms with van der Waals surface area (Å²) in [7, 11) is 0.